The lowest BCUT2D eigenvalue weighted by atomic mass is 10.1. The molecule has 0 aliphatic heterocycles. The average molecular weight is 843 g/mol. The van der Waals surface area contributed by atoms with Crippen LogP contribution in [-0.4, -0.2) is 59.0 Å². The van der Waals surface area contributed by atoms with Crippen LogP contribution in [0.3, 0.4) is 0 Å². The molecule has 0 saturated heterocycles. The first-order valence-electron chi connectivity index (χ1n) is 15.8. The predicted octanol–water partition coefficient (Wildman–Crippen LogP) is 5.38. The fourth-order valence-electron chi connectivity index (χ4n) is 5.66. The molecule has 0 fully saturated rings. The summed E-state index contributed by atoms with van der Waals surface area (Å²) in [4.78, 5) is 10.7. The van der Waals surface area contributed by atoms with Crippen molar-refractivity contribution >= 4 is 90.6 Å². The summed E-state index contributed by atoms with van der Waals surface area (Å²) in [7, 11) is -18.7. The van der Waals surface area contributed by atoms with E-state index in [4.69, 9.17) is 0 Å². The molecule has 0 aromatic heterocycles. The van der Waals surface area contributed by atoms with Crippen molar-refractivity contribution < 1.29 is 57.8 Å². The van der Waals surface area contributed by atoms with Crippen molar-refractivity contribution in [2.24, 2.45) is 0 Å². The van der Waals surface area contributed by atoms with Crippen LogP contribution in [0.1, 0.15) is 11.1 Å². The molecule has 0 unspecified atom stereocenters. The van der Waals surface area contributed by atoms with Crippen LogP contribution in [-0.2, 0) is 40.3 Å². The maximum atomic E-state index is 13.2. The number of fused-ring (bicyclic) bond motifs is 2. The number of phenols is 2. The molecule has 0 spiro atoms. The van der Waals surface area contributed by atoms with E-state index in [9.17, 15) is 57.8 Å². The largest absolute Gasteiger partial charge is 0.506 e. The monoisotopic (exact) mass is 842 g/mol. The Balaban J connectivity index is 1.17. The molecule has 8 N–H and O–H groups in total. The van der Waals surface area contributed by atoms with Crippen molar-refractivity contribution in [2.75, 3.05) is 10.6 Å². The summed E-state index contributed by atoms with van der Waals surface area (Å²) in [6, 6.07) is 19.6. The van der Waals surface area contributed by atoms with Gasteiger partial charge in [-0.15, -0.1) is 0 Å². The van der Waals surface area contributed by atoms with Gasteiger partial charge < -0.3 is 20.8 Å². The summed E-state index contributed by atoms with van der Waals surface area (Å²) in [5.74, 6) is -1.31. The number of carbonyl (C=O) groups excluding carboxylic acids is 1. The normalized spacial score (nSPS) is 12.4. The van der Waals surface area contributed by atoms with Gasteiger partial charge in [0.05, 0.1) is 9.79 Å². The number of phenolic OH excluding ortho intramolecular Hbond substituents is 2. The van der Waals surface area contributed by atoms with Crippen molar-refractivity contribution in [3.63, 3.8) is 0 Å². The number of hydrogen-bond acceptors (Lipinski definition) is 13. The quantitative estimate of drug-likeness (QED) is 0.0804. The van der Waals surface area contributed by atoms with Crippen LogP contribution >= 0.6 is 0 Å². The first-order chi connectivity index (χ1) is 26.0. The van der Waals surface area contributed by atoms with Gasteiger partial charge in [0.25, 0.3) is 40.3 Å². The zero-order valence-corrected chi connectivity index (χ0v) is 32.1. The minimum atomic E-state index is -4.68. The van der Waals surface area contributed by atoms with E-state index in [2.05, 4.69) is 10.6 Å². The molecule has 0 bridgehead atoms. The van der Waals surface area contributed by atoms with E-state index in [0.717, 1.165) is 12.1 Å². The van der Waals surface area contributed by atoms with E-state index in [0.29, 0.717) is 33.3 Å². The van der Waals surface area contributed by atoms with E-state index in [1.165, 1.54) is 84.9 Å². The number of aryl methyl sites for hydroxylation is 2. The molecular formula is C35H30N4O13S4. The molecule has 56 heavy (non-hydrogen) atoms. The Hall–Kier alpha value is -5.97. The number of carbonyl (C=O) groups is 1. The minimum Gasteiger partial charge on any atom is -0.506 e. The molecule has 21 heteroatoms. The van der Waals surface area contributed by atoms with Crippen LogP contribution in [0, 0.1) is 13.8 Å². The van der Waals surface area contributed by atoms with Crippen molar-refractivity contribution in [1.82, 2.24) is 9.44 Å². The van der Waals surface area contributed by atoms with Gasteiger partial charge in [0.1, 0.15) is 21.3 Å². The van der Waals surface area contributed by atoms with Crippen LogP contribution in [0.2, 0.25) is 0 Å². The first kappa shape index (κ1) is 39.7. The Kier molecular flexibility index (Phi) is 10.1. The van der Waals surface area contributed by atoms with Crippen LogP contribution in [0.5, 0.6) is 11.5 Å². The molecule has 6 rings (SSSR count). The van der Waals surface area contributed by atoms with Gasteiger partial charge in [0.2, 0.25) is 0 Å². The maximum Gasteiger partial charge on any atom is 0.342 e. The summed E-state index contributed by atoms with van der Waals surface area (Å²) < 4.78 is 121. The Labute approximate surface area is 320 Å². The van der Waals surface area contributed by atoms with Gasteiger partial charge in [-0.25, -0.2) is 31.1 Å². The van der Waals surface area contributed by atoms with Crippen molar-refractivity contribution in [3.8, 4) is 11.5 Å². The number of nitrogens with one attached hydrogen (secondary N) is 4. The molecule has 0 aliphatic rings. The summed E-state index contributed by atoms with van der Waals surface area (Å²) in [6.07, 6.45) is 0. The third kappa shape index (κ3) is 8.17. The standard InChI is InChI=1S/C35H30N4O13S4/c1-19-3-9-25(17-29(19)36-23-7-11-27-21(15-23)5-13-31(33(27)40)55(47,48)49)53(43,44)38-35(42)39-54(45,46)26-10-4-20(2)30(18-26)37-24-8-12-28-22(16-24)6-14-32(34(28)41)56(50,51)52/h3-18,36-37,40-41H,1-2H3,(H2,38,39,42)(H,47,48,49)(H,50,51,52). The number of aromatic hydroxyl groups is 2. The van der Waals surface area contributed by atoms with Gasteiger partial charge in [0, 0.05) is 33.5 Å². The number of benzene rings is 6. The number of anilines is 4. The fourth-order valence-corrected chi connectivity index (χ4v) is 8.78. The molecule has 292 valence electrons. The second-order valence-corrected chi connectivity index (χ2v) is 18.5. The van der Waals surface area contributed by atoms with Gasteiger partial charge in [-0.3, -0.25) is 9.11 Å². The van der Waals surface area contributed by atoms with E-state index in [1.54, 1.807) is 23.3 Å². The molecule has 0 saturated carbocycles. The lowest BCUT2D eigenvalue weighted by molar-refractivity contribution is 0.250. The van der Waals surface area contributed by atoms with E-state index >= 15 is 0 Å². The molecule has 17 nitrogen and oxygen atoms in total. The molecule has 6 aromatic rings. The zero-order chi connectivity index (χ0) is 41.0. The van der Waals surface area contributed by atoms with Gasteiger partial charge in [0.15, 0.2) is 0 Å². The van der Waals surface area contributed by atoms with Crippen molar-refractivity contribution in [2.45, 2.75) is 33.4 Å². The van der Waals surface area contributed by atoms with E-state index in [-0.39, 0.29) is 22.1 Å². The Bertz CT molecular complexity index is 2880. The van der Waals surface area contributed by atoms with E-state index < -0.39 is 77.4 Å². The summed E-state index contributed by atoms with van der Waals surface area (Å²) in [5, 5.41) is 27.7. The summed E-state index contributed by atoms with van der Waals surface area (Å²) in [6.45, 7) is 3.32. The number of urea groups is 1. The topological polar surface area (TPSA) is 283 Å². The highest BCUT2D eigenvalue weighted by Crippen LogP contribution is 2.36. The Morgan fingerprint density at radius 1 is 0.500 bits per heavy atom. The smallest absolute Gasteiger partial charge is 0.342 e. The van der Waals surface area contributed by atoms with Crippen LogP contribution in [0.4, 0.5) is 27.5 Å². The lowest BCUT2D eigenvalue weighted by Gasteiger charge is -2.15. The Morgan fingerprint density at radius 2 is 0.875 bits per heavy atom. The number of amides is 2. The highest BCUT2D eigenvalue weighted by atomic mass is 32.2. The lowest BCUT2D eigenvalue weighted by Crippen LogP contribution is -2.42. The summed E-state index contributed by atoms with van der Waals surface area (Å²) >= 11 is 0. The minimum absolute atomic E-state index is 0.120. The van der Waals surface area contributed by atoms with Gasteiger partial charge in [-0.2, -0.15) is 16.8 Å². The third-order valence-electron chi connectivity index (χ3n) is 8.52. The fraction of sp³-hybridized carbons (Fsp3) is 0.0571. The highest BCUT2D eigenvalue weighted by Gasteiger charge is 2.25. The van der Waals surface area contributed by atoms with E-state index in [1.807, 2.05) is 0 Å². The molecule has 2 amide bonds. The average Bonchev–Trinajstić information content (AvgIpc) is 3.08. The van der Waals surface area contributed by atoms with Gasteiger partial charge >= 0.3 is 6.03 Å². The van der Waals surface area contributed by atoms with Crippen LogP contribution in [0.25, 0.3) is 21.5 Å². The van der Waals surface area contributed by atoms with Crippen LogP contribution < -0.4 is 20.1 Å². The Morgan fingerprint density at radius 3 is 1.23 bits per heavy atom. The van der Waals surface area contributed by atoms with Gasteiger partial charge in [-0.05, 0) is 109 Å². The molecule has 6 aromatic carbocycles. The maximum absolute atomic E-state index is 13.2. The molecular weight excluding hydrogens is 813 g/mol. The first-order valence-corrected chi connectivity index (χ1v) is 21.7. The SMILES string of the molecule is Cc1ccc(S(=O)(=O)NC(=O)NS(=O)(=O)c2ccc(C)c(Nc3ccc4c(O)c(S(=O)(=O)O)ccc4c3)c2)cc1Nc1ccc2c(O)c(S(=O)(=O)O)ccc2c1. The molecule has 0 radical (unpaired) electrons. The molecule has 0 aliphatic carbocycles. The zero-order valence-electron chi connectivity index (χ0n) is 28.8. The second kappa shape index (κ2) is 14.3. The van der Waals surface area contributed by atoms with Crippen LogP contribution in [0.15, 0.2) is 117 Å². The molecule has 0 atom stereocenters. The third-order valence-corrected chi connectivity index (χ3v) is 12.9. The number of hydrogen-bond donors (Lipinski definition) is 8. The number of sulfonamides is 2. The summed E-state index contributed by atoms with van der Waals surface area (Å²) in [5.41, 5.74) is 2.46. The highest BCUT2D eigenvalue weighted by molar-refractivity contribution is 7.91. The molecule has 0 heterocycles. The van der Waals surface area contributed by atoms with Crippen molar-refractivity contribution in [1.29, 1.82) is 0 Å². The number of rotatable bonds is 10. The van der Waals surface area contributed by atoms with Crippen molar-refractivity contribution in [3.05, 3.63) is 108 Å². The predicted molar refractivity (Wildman–Crippen MR) is 206 cm³/mol. The van der Waals surface area contributed by atoms with Gasteiger partial charge in [-0.1, -0.05) is 24.3 Å². The second-order valence-electron chi connectivity index (χ2n) is 12.4.